The normalized spacial score (nSPS) is 14.3. The summed E-state index contributed by atoms with van der Waals surface area (Å²) in [6, 6.07) is 11.7. The number of aryl methyl sites for hydroxylation is 2. The third-order valence-corrected chi connectivity index (χ3v) is 7.59. The van der Waals surface area contributed by atoms with Crippen LogP contribution in [-0.2, 0) is 20.0 Å². The largest absolute Gasteiger partial charge is 0.439 e. The molecule has 0 unspecified atom stereocenters. The smallest absolute Gasteiger partial charge is 0.408 e. The van der Waals surface area contributed by atoms with Crippen molar-refractivity contribution in [3.63, 3.8) is 0 Å². The highest BCUT2D eigenvalue weighted by molar-refractivity contribution is 7.71. The van der Waals surface area contributed by atoms with E-state index in [0.29, 0.717) is 35.3 Å². The van der Waals surface area contributed by atoms with Crippen molar-refractivity contribution in [2.24, 2.45) is 7.05 Å². The number of carbonyl (C=O) groups excluding carboxylic acids is 2. The zero-order valence-electron chi connectivity index (χ0n) is 22.2. The summed E-state index contributed by atoms with van der Waals surface area (Å²) in [4.78, 5) is 56.5. The number of benzene rings is 2. The third-order valence-electron chi connectivity index (χ3n) is 7.34. The lowest BCUT2D eigenvalue weighted by Gasteiger charge is -2.15. The molecule has 0 saturated heterocycles. The summed E-state index contributed by atoms with van der Waals surface area (Å²) in [7, 11) is 1.59. The Labute approximate surface area is 244 Å². The van der Waals surface area contributed by atoms with Crippen LogP contribution in [0.3, 0.4) is 0 Å². The van der Waals surface area contributed by atoms with Gasteiger partial charge >= 0.3 is 16.3 Å². The SMILES string of the molecule is Cn1c(=O)oc2ccc(CNC(=O)c3cc(C(=O)N[C@H]4CCc5cc(-c6noc(=O)[nH]6)ccc54)n4c(=S)onc4n3)cc21. The molecule has 0 aliphatic heterocycles. The molecular formula is C27H20N8O7S. The molecule has 1 atom stereocenters. The van der Waals surface area contributed by atoms with E-state index in [-0.39, 0.29) is 34.6 Å². The third kappa shape index (κ3) is 4.62. The van der Waals surface area contributed by atoms with Crippen molar-refractivity contribution in [1.29, 1.82) is 0 Å². The Bertz CT molecular complexity index is 2270. The van der Waals surface area contributed by atoms with E-state index in [9.17, 15) is 19.2 Å². The molecule has 2 amide bonds. The zero-order valence-corrected chi connectivity index (χ0v) is 23.1. The Morgan fingerprint density at radius 3 is 2.77 bits per heavy atom. The fourth-order valence-electron chi connectivity index (χ4n) is 5.19. The average molecular weight is 601 g/mol. The molecule has 3 N–H and O–H groups in total. The quantitative estimate of drug-likeness (QED) is 0.237. The highest BCUT2D eigenvalue weighted by Gasteiger charge is 2.27. The van der Waals surface area contributed by atoms with Crippen molar-refractivity contribution in [1.82, 2.24) is 39.9 Å². The van der Waals surface area contributed by atoms with Gasteiger partial charge < -0.3 is 19.6 Å². The predicted octanol–water partition coefficient (Wildman–Crippen LogP) is 2.19. The number of hydrogen-bond donors (Lipinski definition) is 3. The highest BCUT2D eigenvalue weighted by Crippen LogP contribution is 2.33. The van der Waals surface area contributed by atoms with Gasteiger partial charge in [0.1, 0.15) is 11.4 Å². The first-order chi connectivity index (χ1) is 20.7. The van der Waals surface area contributed by atoms with Crippen molar-refractivity contribution in [2.45, 2.75) is 25.4 Å². The number of oxazole rings is 1. The molecule has 216 valence electrons. The van der Waals surface area contributed by atoms with Gasteiger partial charge in [-0.2, -0.15) is 0 Å². The zero-order chi connectivity index (χ0) is 29.8. The fourth-order valence-corrected chi connectivity index (χ4v) is 5.41. The van der Waals surface area contributed by atoms with E-state index in [1.807, 2.05) is 12.1 Å². The molecule has 6 aromatic rings. The first-order valence-electron chi connectivity index (χ1n) is 13.0. The van der Waals surface area contributed by atoms with Crippen LogP contribution < -0.4 is 22.1 Å². The summed E-state index contributed by atoms with van der Waals surface area (Å²) in [6.45, 7) is 0.122. The maximum absolute atomic E-state index is 13.6. The van der Waals surface area contributed by atoms with Gasteiger partial charge in [0, 0.05) is 19.2 Å². The van der Waals surface area contributed by atoms with E-state index < -0.39 is 23.3 Å². The molecule has 0 saturated carbocycles. The van der Waals surface area contributed by atoms with Crippen LogP contribution in [0.4, 0.5) is 0 Å². The Hall–Kier alpha value is -5.64. The summed E-state index contributed by atoms with van der Waals surface area (Å²) in [5.74, 6) is -1.92. The summed E-state index contributed by atoms with van der Waals surface area (Å²) in [5.41, 5.74) is 4.29. The van der Waals surface area contributed by atoms with Gasteiger partial charge in [0.15, 0.2) is 11.4 Å². The molecule has 4 heterocycles. The van der Waals surface area contributed by atoms with Crippen molar-refractivity contribution in [3.8, 4) is 11.4 Å². The molecule has 0 fully saturated rings. The average Bonchev–Trinajstić information content (AvgIpc) is 3.78. The first-order valence-corrected chi connectivity index (χ1v) is 13.4. The molecule has 43 heavy (non-hydrogen) atoms. The minimum absolute atomic E-state index is 0.0291. The lowest BCUT2D eigenvalue weighted by Crippen LogP contribution is -2.30. The molecule has 4 aromatic heterocycles. The molecule has 16 heteroatoms. The van der Waals surface area contributed by atoms with Gasteiger partial charge in [0.05, 0.1) is 11.6 Å². The Morgan fingerprint density at radius 2 is 1.95 bits per heavy atom. The number of aromatic nitrogens is 6. The number of carbonyl (C=O) groups is 2. The van der Waals surface area contributed by atoms with E-state index in [4.69, 9.17) is 21.2 Å². The molecule has 1 aliphatic carbocycles. The molecule has 0 spiro atoms. The van der Waals surface area contributed by atoms with Crippen LogP contribution in [-0.4, -0.2) is 41.1 Å². The standard InChI is InChI=1S/C27H20N8O7S/c1-34-18-8-12(2-7-20(18)40-26(34)39)11-28-22(36)17-10-19(35-24(30-17)33-42-27(35)43)23(37)29-16-6-4-13-9-14(3-5-15(13)16)21-31-25(38)41-32-21/h2-3,5,7-10,16H,4,6,11H2,1H3,(H,28,36)(H,29,37)(H,31,32,38)/t16-/m0/s1. The topological polar surface area (TPSA) is 196 Å². The number of nitrogens with one attached hydrogen (secondary N) is 3. The van der Waals surface area contributed by atoms with Gasteiger partial charge in [-0.3, -0.25) is 23.7 Å². The first kappa shape index (κ1) is 26.3. The van der Waals surface area contributed by atoms with Crippen LogP contribution in [0.2, 0.25) is 0 Å². The van der Waals surface area contributed by atoms with Crippen molar-refractivity contribution in [2.75, 3.05) is 0 Å². The highest BCUT2D eigenvalue weighted by atomic mass is 32.1. The summed E-state index contributed by atoms with van der Waals surface area (Å²) < 4.78 is 17.5. The maximum atomic E-state index is 13.6. The number of fused-ring (bicyclic) bond motifs is 3. The second kappa shape index (κ2) is 10.0. The van der Waals surface area contributed by atoms with Gasteiger partial charge in [0.25, 0.3) is 17.6 Å². The van der Waals surface area contributed by atoms with Gasteiger partial charge in [0.2, 0.25) is 0 Å². The number of amides is 2. The molecule has 1 aliphatic rings. The van der Waals surface area contributed by atoms with E-state index in [0.717, 1.165) is 16.7 Å². The molecule has 0 bridgehead atoms. The van der Waals surface area contributed by atoms with Gasteiger partial charge in [-0.25, -0.2) is 19.0 Å². The Balaban J connectivity index is 1.13. The number of rotatable bonds is 6. The van der Waals surface area contributed by atoms with E-state index in [1.54, 1.807) is 31.3 Å². The molecule has 0 radical (unpaired) electrons. The van der Waals surface area contributed by atoms with E-state index in [1.165, 1.54) is 15.0 Å². The molecule has 7 rings (SSSR count). The molecule has 15 nitrogen and oxygen atoms in total. The van der Waals surface area contributed by atoms with Crippen molar-refractivity contribution < 1.29 is 23.1 Å². The number of nitrogens with zero attached hydrogens (tertiary/aromatic N) is 5. The van der Waals surface area contributed by atoms with Gasteiger partial charge in [-0.1, -0.05) is 23.4 Å². The fraction of sp³-hybridized carbons (Fsp3) is 0.185. The summed E-state index contributed by atoms with van der Waals surface area (Å²) in [6.07, 6.45) is 1.31. The number of hydrogen-bond acceptors (Lipinski definition) is 11. The summed E-state index contributed by atoms with van der Waals surface area (Å²) in [5, 5.41) is 13.3. The van der Waals surface area contributed by atoms with Crippen LogP contribution in [0.1, 0.15) is 50.1 Å². The monoisotopic (exact) mass is 600 g/mol. The second-order valence-corrected chi connectivity index (χ2v) is 10.3. The minimum Gasteiger partial charge on any atom is -0.408 e. The van der Waals surface area contributed by atoms with Crippen LogP contribution in [0.5, 0.6) is 0 Å². The van der Waals surface area contributed by atoms with Crippen LogP contribution in [0.25, 0.3) is 28.3 Å². The van der Waals surface area contributed by atoms with E-state index in [2.05, 4.69) is 35.4 Å². The van der Waals surface area contributed by atoms with Crippen molar-refractivity contribution >= 4 is 40.9 Å². The second-order valence-electron chi connectivity index (χ2n) is 9.94. The Kier molecular flexibility index (Phi) is 6.12. The Morgan fingerprint density at radius 1 is 1.09 bits per heavy atom. The number of H-pyrrole nitrogens is 1. The lowest BCUT2D eigenvalue weighted by atomic mass is 10.0. The van der Waals surface area contributed by atoms with Crippen molar-refractivity contribution in [3.05, 3.63) is 96.5 Å². The maximum Gasteiger partial charge on any atom is 0.439 e. The summed E-state index contributed by atoms with van der Waals surface area (Å²) >= 11 is 5.22. The van der Waals surface area contributed by atoms with E-state index >= 15 is 0 Å². The van der Waals surface area contributed by atoms with Crippen LogP contribution in [0, 0.1) is 4.84 Å². The lowest BCUT2D eigenvalue weighted by molar-refractivity contribution is 0.0929. The van der Waals surface area contributed by atoms with Crippen LogP contribution in [0.15, 0.2) is 65.5 Å². The molecule has 2 aromatic carbocycles. The van der Waals surface area contributed by atoms with Gasteiger partial charge in [-0.15, -0.1) is 0 Å². The van der Waals surface area contributed by atoms with Gasteiger partial charge in [-0.05, 0) is 71.2 Å². The minimum atomic E-state index is -0.645. The van der Waals surface area contributed by atoms with Crippen LogP contribution >= 0.6 is 12.2 Å². The number of aromatic amines is 1. The molecular weight excluding hydrogens is 580 g/mol. The predicted molar refractivity (Wildman–Crippen MR) is 150 cm³/mol.